The molecule has 0 saturated heterocycles. The number of thiazole rings is 1. The van der Waals surface area contributed by atoms with E-state index in [0.717, 1.165) is 27.0 Å². The maximum Gasteiger partial charge on any atom is 0.0960 e. The zero-order valence-corrected chi connectivity index (χ0v) is 12.4. The predicted octanol–water partition coefficient (Wildman–Crippen LogP) is 4.19. The van der Waals surface area contributed by atoms with Crippen LogP contribution in [0, 0.1) is 13.8 Å². The second-order valence-corrected chi connectivity index (χ2v) is 6.33. The van der Waals surface area contributed by atoms with E-state index in [1.807, 2.05) is 31.2 Å². The van der Waals surface area contributed by atoms with Gasteiger partial charge in [-0.2, -0.15) is 0 Å². The van der Waals surface area contributed by atoms with Gasteiger partial charge in [-0.05, 0) is 30.2 Å². The molecular weight excluding hydrogens is 266 g/mol. The van der Waals surface area contributed by atoms with E-state index in [2.05, 4.69) is 30.1 Å². The van der Waals surface area contributed by atoms with Crippen LogP contribution in [0.5, 0.6) is 0 Å². The van der Waals surface area contributed by atoms with E-state index in [0.29, 0.717) is 6.42 Å². The van der Waals surface area contributed by atoms with Crippen LogP contribution in [-0.2, 0) is 6.42 Å². The van der Waals surface area contributed by atoms with Crippen molar-refractivity contribution in [2.75, 3.05) is 0 Å². The van der Waals surface area contributed by atoms with Crippen molar-refractivity contribution in [2.24, 2.45) is 0 Å². The summed E-state index contributed by atoms with van der Waals surface area (Å²) in [5, 5.41) is 13.8. The molecule has 2 nitrogen and oxygen atoms in total. The Morgan fingerprint density at radius 3 is 2.60 bits per heavy atom. The van der Waals surface area contributed by atoms with Crippen LogP contribution in [0.3, 0.4) is 0 Å². The smallest absolute Gasteiger partial charge is 0.0960 e. The topological polar surface area (TPSA) is 33.1 Å². The number of benzene rings is 2. The first-order valence-electron chi connectivity index (χ1n) is 6.74. The Hall–Kier alpha value is -1.71. The standard InChI is InChI=1S/C17H17NOS/c1-11-12(2)20-17(18-11)10-16(19)15-9-5-7-13-6-3-4-8-14(13)15/h3-9,16,19H,10H2,1-2H3. The maximum atomic E-state index is 10.5. The number of aryl methyl sites for hydroxylation is 2. The molecule has 102 valence electrons. The number of aliphatic hydroxyl groups is 1. The second-order valence-electron chi connectivity index (χ2n) is 5.04. The quantitative estimate of drug-likeness (QED) is 0.782. The Balaban J connectivity index is 1.94. The van der Waals surface area contributed by atoms with Crippen molar-refractivity contribution in [2.45, 2.75) is 26.4 Å². The molecule has 1 unspecified atom stereocenters. The van der Waals surface area contributed by atoms with Crippen LogP contribution < -0.4 is 0 Å². The third-order valence-electron chi connectivity index (χ3n) is 3.62. The highest BCUT2D eigenvalue weighted by molar-refractivity contribution is 7.11. The highest BCUT2D eigenvalue weighted by Gasteiger charge is 2.14. The van der Waals surface area contributed by atoms with Crippen molar-refractivity contribution in [3.63, 3.8) is 0 Å². The van der Waals surface area contributed by atoms with E-state index in [-0.39, 0.29) is 0 Å². The van der Waals surface area contributed by atoms with Crippen LogP contribution in [0.2, 0.25) is 0 Å². The summed E-state index contributed by atoms with van der Waals surface area (Å²) in [7, 11) is 0. The monoisotopic (exact) mass is 283 g/mol. The van der Waals surface area contributed by atoms with E-state index in [1.54, 1.807) is 11.3 Å². The van der Waals surface area contributed by atoms with Crippen molar-refractivity contribution in [1.82, 2.24) is 4.98 Å². The van der Waals surface area contributed by atoms with Crippen LogP contribution in [0.4, 0.5) is 0 Å². The van der Waals surface area contributed by atoms with E-state index in [9.17, 15) is 5.11 Å². The SMILES string of the molecule is Cc1nc(CC(O)c2cccc3ccccc23)sc1C. The Bertz CT molecular complexity index is 723. The molecule has 0 aliphatic heterocycles. The van der Waals surface area contributed by atoms with Gasteiger partial charge < -0.3 is 5.11 Å². The Morgan fingerprint density at radius 1 is 1.10 bits per heavy atom. The molecular formula is C17H17NOS. The molecule has 1 heterocycles. The van der Waals surface area contributed by atoms with Gasteiger partial charge in [-0.3, -0.25) is 0 Å². The van der Waals surface area contributed by atoms with Crippen LogP contribution >= 0.6 is 11.3 Å². The molecule has 0 saturated carbocycles. The minimum Gasteiger partial charge on any atom is -0.388 e. The zero-order chi connectivity index (χ0) is 14.1. The highest BCUT2D eigenvalue weighted by Crippen LogP contribution is 2.28. The van der Waals surface area contributed by atoms with Crippen molar-refractivity contribution in [3.8, 4) is 0 Å². The van der Waals surface area contributed by atoms with Gasteiger partial charge in [-0.25, -0.2) is 4.98 Å². The minimum absolute atomic E-state index is 0.508. The summed E-state index contributed by atoms with van der Waals surface area (Å²) in [5.41, 5.74) is 2.05. The molecule has 3 heteroatoms. The molecule has 1 aromatic heterocycles. The molecule has 0 aliphatic carbocycles. The summed E-state index contributed by atoms with van der Waals surface area (Å²) in [6.45, 7) is 4.08. The van der Waals surface area contributed by atoms with Crippen LogP contribution in [0.1, 0.15) is 27.2 Å². The summed E-state index contributed by atoms with van der Waals surface area (Å²) in [6.07, 6.45) is 0.0685. The summed E-state index contributed by atoms with van der Waals surface area (Å²) < 4.78 is 0. The molecule has 0 bridgehead atoms. The molecule has 0 spiro atoms. The van der Waals surface area contributed by atoms with Gasteiger partial charge in [0.1, 0.15) is 0 Å². The summed E-state index contributed by atoms with van der Waals surface area (Å²) in [5.74, 6) is 0. The van der Waals surface area contributed by atoms with Gasteiger partial charge in [0.25, 0.3) is 0 Å². The molecule has 20 heavy (non-hydrogen) atoms. The third kappa shape index (κ3) is 2.47. The van der Waals surface area contributed by atoms with Crippen molar-refractivity contribution in [1.29, 1.82) is 0 Å². The fourth-order valence-corrected chi connectivity index (χ4v) is 3.41. The molecule has 0 aliphatic rings. The van der Waals surface area contributed by atoms with Crippen molar-refractivity contribution >= 4 is 22.1 Å². The molecule has 2 aromatic carbocycles. The van der Waals surface area contributed by atoms with Gasteiger partial charge >= 0.3 is 0 Å². The average Bonchev–Trinajstić information content (AvgIpc) is 2.76. The molecule has 1 N–H and O–H groups in total. The van der Waals surface area contributed by atoms with Crippen molar-refractivity contribution in [3.05, 3.63) is 63.6 Å². The lowest BCUT2D eigenvalue weighted by Crippen LogP contribution is -2.02. The first-order chi connectivity index (χ1) is 9.65. The van der Waals surface area contributed by atoms with Gasteiger partial charge in [0.2, 0.25) is 0 Å². The molecule has 1 atom stereocenters. The third-order valence-corrected chi connectivity index (χ3v) is 4.72. The summed E-state index contributed by atoms with van der Waals surface area (Å²) in [6, 6.07) is 14.2. The fourth-order valence-electron chi connectivity index (χ4n) is 2.44. The van der Waals surface area contributed by atoms with Gasteiger partial charge in [0.15, 0.2) is 0 Å². The van der Waals surface area contributed by atoms with Crippen LogP contribution in [0.25, 0.3) is 10.8 Å². The second kappa shape index (κ2) is 5.35. The summed E-state index contributed by atoms with van der Waals surface area (Å²) in [4.78, 5) is 5.74. The van der Waals surface area contributed by atoms with Gasteiger partial charge in [-0.1, -0.05) is 42.5 Å². The normalized spacial score (nSPS) is 12.8. The van der Waals surface area contributed by atoms with Crippen molar-refractivity contribution < 1.29 is 5.11 Å². The molecule has 0 fully saturated rings. The molecule has 3 aromatic rings. The fraction of sp³-hybridized carbons (Fsp3) is 0.235. The Morgan fingerprint density at radius 2 is 1.85 bits per heavy atom. The Labute approximate surface area is 122 Å². The number of rotatable bonds is 3. The first-order valence-corrected chi connectivity index (χ1v) is 7.55. The number of fused-ring (bicyclic) bond motifs is 1. The lowest BCUT2D eigenvalue weighted by molar-refractivity contribution is 0.180. The van der Waals surface area contributed by atoms with Crippen LogP contribution in [-0.4, -0.2) is 10.1 Å². The number of aliphatic hydroxyl groups excluding tert-OH is 1. The highest BCUT2D eigenvalue weighted by atomic mass is 32.1. The molecule has 3 rings (SSSR count). The summed E-state index contributed by atoms with van der Waals surface area (Å²) >= 11 is 1.67. The predicted molar refractivity (Wildman–Crippen MR) is 84.2 cm³/mol. The van der Waals surface area contributed by atoms with Gasteiger partial charge in [-0.15, -0.1) is 11.3 Å². The largest absolute Gasteiger partial charge is 0.388 e. The lowest BCUT2D eigenvalue weighted by atomic mass is 9.99. The Kier molecular flexibility index (Phi) is 3.55. The number of hydrogen-bond acceptors (Lipinski definition) is 3. The zero-order valence-electron chi connectivity index (χ0n) is 11.6. The lowest BCUT2D eigenvalue weighted by Gasteiger charge is -2.12. The van der Waals surface area contributed by atoms with Gasteiger partial charge in [0, 0.05) is 11.3 Å². The van der Waals surface area contributed by atoms with E-state index < -0.39 is 6.10 Å². The van der Waals surface area contributed by atoms with E-state index in [4.69, 9.17) is 0 Å². The van der Waals surface area contributed by atoms with Gasteiger partial charge in [0.05, 0.1) is 16.8 Å². The first kappa shape index (κ1) is 13.3. The number of nitrogens with zero attached hydrogens (tertiary/aromatic N) is 1. The van der Waals surface area contributed by atoms with E-state index in [1.165, 1.54) is 4.88 Å². The minimum atomic E-state index is -0.508. The maximum absolute atomic E-state index is 10.5. The van der Waals surface area contributed by atoms with E-state index >= 15 is 0 Å². The molecule has 0 radical (unpaired) electrons. The average molecular weight is 283 g/mol. The number of aromatic nitrogens is 1. The number of hydrogen-bond donors (Lipinski definition) is 1. The van der Waals surface area contributed by atoms with Crippen LogP contribution in [0.15, 0.2) is 42.5 Å². The molecule has 0 amide bonds.